The standard InChI is InChI=1S/C17H28N4O/c1-19(2)11-6-8-17(22)21-12-5-7-15(21)14-9-10-18-16(13-14)20(3)4/h9-10,13,15H,5-8,11-12H2,1-4H3/t15-/m1/s1. The van der Waals surface area contributed by atoms with Gasteiger partial charge in [0, 0.05) is 33.3 Å². The van der Waals surface area contributed by atoms with E-state index in [4.69, 9.17) is 0 Å². The van der Waals surface area contributed by atoms with Crippen molar-refractivity contribution in [1.82, 2.24) is 14.8 Å². The highest BCUT2D eigenvalue weighted by molar-refractivity contribution is 5.77. The number of pyridine rings is 1. The Morgan fingerprint density at radius 2 is 2.14 bits per heavy atom. The van der Waals surface area contributed by atoms with Gasteiger partial charge in [0.2, 0.25) is 5.91 Å². The van der Waals surface area contributed by atoms with E-state index in [0.29, 0.717) is 6.42 Å². The van der Waals surface area contributed by atoms with E-state index in [0.717, 1.165) is 38.2 Å². The molecule has 0 aliphatic carbocycles. The Morgan fingerprint density at radius 1 is 1.36 bits per heavy atom. The first kappa shape index (κ1) is 16.7. The van der Waals surface area contributed by atoms with E-state index in [1.165, 1.54) is 5.56 Å². The lowest BCUT2D eigenvalue weighted by Crippen LogP contribution is -2.31. The Bertz CT molecular complexity index is 501. The molecule has 2 rings (SSSR count). The van der Waals surface area contributed by atoms with Crippen molar-refractivity contribution < 1.29 is 4.79 Å². The van der Waals surface area contributed by atoms with Crippen LogP contribution in [-0.4, -0.2) is 62.0 Å². The molecule has 2 heterocycles. The maximum Gasteiger partial charge on any atom is 0.223 e. The molecule has 1 amide bonds. The minimum absolute atomic E-state index is 0.216. The van der Waals surface area contributed by atoms with Gasteiger partial charge in [-0.25, -0.2) is 4.98 Å². The largest absolute Gasteiger partial charge is 0.363 e. The fourth-order valence-corrected chi connectivity index (χ4v) is 2.99. The summed E-state index contributed by atoms with van der Waals surface area (Å²) in [6.07, 6.45) is 5.55. The second-order valence-corrected chi connectivity index (χ2v) is 6.49. The summed E-state index contributed by atoms with van der Waals surface area (Å²) in [7, 11) is 8.07. The van der Waals surface area contributed by atoms with Gasteiger partial charge in [-0.05, 0) is 57.6 Å². The molecule has 0 unspecified atom stereocenters. The number of aromatic nitrogens is 1. The number of nitrogens with zero attached hydrogens (tertiary/aromatic N) is 4. The number of carbonyl (C=O) groups is 1. The third kappa shape index (κ3) is 4.19. The van der Waals surface area contributed by atoms with Gasteiger partial charge in [-0.1, -0.05) is 0 Å². The van der Waals surface area contributed by atoms with Crippen molar-refractivity contribution in [2.75, 3.05) is 46.2 Å². The third-order valence-electron chi connectivity index (χ3n) is 4.18. The van der Waals surface area contributed by atoms with Crippen LogP contribution in [0.5, 0.6) is 0 Å². The quantitative estimate of drug-likeness (QED) is 0.807. The zero-order valence-corrected chi connectivity index (χ0v) is 14.2. The molecular weight excluding hydrogens is 276 g/mol. The minimum atomic E-state index is 0.216. The minimum Gasteiger partial charge on any atom is -0.363 e. The lowest BCUT2D eigenvalue weighted by Gasteiger charge is -2.26. The highest BCUT2D eigenvalue weighted by Gasteiger charge is 2.29. The zero-order chi connectivity index (χ0) is 16.1. The molecule has 1 aromatic heterocycles. The van der Waals surface area contributed by atoms with Gasteiger partial charge in [0.1, 0.15) is 5.82 Å². The molecule has 0 aromatic carbocycles. The lowest BCUT2D eigenvalue weighted by atomic mass is 10.1. The maximum absolute atomic E-state index is 12.5. The van der Waals surface area contributed by atoms with Crippen LogP contribution in [0.15, 0.2) is 18.3 Å². The number of anilines is 1. The number of amides is 1. The van der Waals surface area contributed by atoms with Crippen LogP contribution in [0, 0.1) is 0 Å². The smallest absolute Gasteiger partial charge is 0.223 e. The molecule has 22 heavy (non-hydrogen) atoms. The van der Waals surface area contributed by atoms with Gasteiger partial charge in [-0.3, -0.25) is 4.79 Å². The molecule has 1 saturated heterocycles. The van der Waals surface area contributed by atoms with Crippen LogP contribution in [0.25, 0.3) is 0 Å². The molecule has 0 spiro atoms. The highest BCUT2D eigenvalue weighted by Crippen LogP contribution is 2.33. The van der Waals surface area contributed by atoms with E-state index in [1.807, 2.05) is 45.4 Å². The number of carbonyl (C=O) groups excluding carboxylic acids is 1. The predicted molar refractivity (Wildman–Crippen MR) is 90.0 cm³/mol. The first-order valence-electron chi connectivity index (χ1n) is 8.06. The Morgan fingerprint density at radius 3 is 2.82 bits per heavy atom. The van der Waals surface area contributed by atoms with Crippen molar-refractivity contribution in [1.29, 1.82) is 0 Å². The molecule has 0 bridgehead atoms. The van der Waals surface area contributed by atoms with Crippen LogP contribution in [-0.2, 0) is 4.79 Å². The second kappa shape index (κ2) is 7.58. The van der Waals surface area contributed by atoms with Crippen molar-refractivity contribution in [3.05, 3.63) is 23.9 Å². The lowest BCUT2D eigenvalue weighted by molar-refractivity contribution is -0.132. The summed E-state index contributed by atoms with van der Waals surface area (Å²) in [5.41, 5.74) is 1.21. The first-order chi connectivity index (χ1) is 10.5. The van der Waals surface area contributed by atoms with Crippen molar-refractivity contribution in [2.24, 2.45) is 0 Å². The predicted octanol–water partition coefficient (Wildman–Crippen LogP) is 2.15. The molecule has 1 atom stereocenters. The van der Waals surface area contributed by atoms with Crippen LogP contribution in [0.3, 0.4) is 0 Å². The van der Waals surface area contributed by atoms with Gasteiger partial charge in [-0.15, -0.1) is 0 Å². The van der Waals surface area contributed by atoms with Crippen molar-refractivity contribution >= 4 is 11.7 Å². The Hall–Kier alpha value is -1.62. The Balaban J connectivity index is 2.03. The topological polar surface area (TPSA) is 39.7 Å². The maximum atomic E-state index is 12.5. The van der Waals surface area contributed by atoms with E-state index in [2.05, 4.69) is 20.9 Å². The Kier molecular flexibility index (Phi) is 5.77. The van der Waals surface area contributed by atoms with Gasteiger partial charge in [0.25, 0.3) is 0 Å². The van der Waals surface area contributed by atoms with E-state index >= 15 is 0 Å². The van der Waals surface area contributed by atoms with Crippen LogP contribution >= 0.6 is 0 Å². The van der Waals surface area contributed by atoms with Crippen molar-refractivity contribution in [3.63, 3.8) is 0 Å². The van der Waals surface area contributed by atoms with Crippen LogP contribution in [0.1, 0.15) is 37.3 Å². The molecule has 122 valence electrons. The summed E-state index contributed by atoms with van der Waals surface area (Å²) in [4.78, 5) is 23.1. The normalized spacial score (nSPS) is 18.0. The fourth-order valence-electron chi connectivity index (χ4n) is 2.99. The molecular formula is C17H28N4O. The molecule has 1 aromatic rings. The van der Waals surface area contributed by atoms with Gasteiger partial charge in [0.05, 0.1) is 6.04 Å². The van der Waals surface area contributed by atoms with E-state index in [9.17, 15) is 4.79 Å². The molecule has 0 saturated carbocycles. The average molecular weight is 304 g/mol. The van der Waals surface area contributed by atoms with Crippen LogP contribution < -0.4 is 4.90 Å². The van der Waals surface area contributed by atoms with E-state index in [-0.39, 0.29) is 11.9 Å². The summed E-state index contributed by atoms with van der Waals surface area (Å²) >= 11 is 0. The molecule has 1 fully saturated rings. The number of hydrogen-bond donors (Lipinski definition) is 0. The highest BCUT2D eigenvalue weighted by atomic mass is 16.2. The third-order valence-corrected chi connectivity index (χ3v) is 4.18. The molecule has 5 nitrogen and oxygen atoms in total. The number of hydrogen-bond acceptors (Lipinski definition) is 4. The van der Waals surface area contributed by atoms with Gasteiger partial charge < -0.3 is 14.7 Å². The van der Waals surface area contributed by atoms with Crippen LogP contribution in [0.2, 0.25) is 0 Å². The van der Waals surface area contributed by atoms with E-state index < -0.39 is 0 Å². The molecule has 0 radical (unpaired) electrons. The van der Waals surface area contributed by atoms with Crippen LogP contribution in [0.4, 0.5) is 5.82 Å². The fraction of sp³-hybridized carbons (Fsp3) is 0.647. The molecule has 1 aliphatic rings. The van der Waals surface area contributed by atoms with Crippen molar-refractivity contribution in [2.45, 2.75) is 31.7 Å². The SMILES string of the molecule is CN(C)CCCC(=O)N1CCC[C@@H]1c1ccnc(N(C)C)c1. The first-order valence-corrected chi connectivity index (χ1v) is 8.06. The summed E-state index contributed by atoms with van der Waals surface area (Å²) in [5.74, 6) is 1.23. The summed E-state index contributed by atoms with van der Waals surface area (Å²) in [6, 6.07) is 4.37. The summed E-state index contributed by atoms with van der Waals surface area (Å²) in [6.45, 7) is 1.84. The summed E-state index contributed by atoms with van der Waals surface area (Å²) in [5, 5.41) is 0. The molecule has 1 aliphatic heterocycles. The van der Waals surface area contributed by atoms with Gasteiger partial charge in [-0.2, -0.15) is 0 Å². The number of rotatable bonds is 6. The molecule has 5 heteroatoms. The zero-order valence-electron chi connectivity index (χ0n) is 14.2. The van der Waals surface area contributed by atoms with Gasteiger partial charge in [0.15, 0.2) is 0 Å². The van der Waals surface area contributed by atoms with Gasteiger partial charge >= 0.3 is 0 Å². The Labute approximate surface area is 133 Å². The van der Waals surface area contributed by atoms with Crippen molar-refractivity contribution in [3.8, 4) is 0 Å². The second-order valence-electron chi connectivity index (χ2n) is 6.49. The number of likely N-dealkylation sites (tertiary alicyclic amines) is 1. The molecule has 0 N–H and O–H groups in total. The van der Waals surface area contributed by atoms with E-state index in [1.54, 1.807) is 0 Å². The monoisotopic (exact) mass is 304 g/mol. The summed E-state index contributed by atoms with van der Waals surface area (Å²) < 4.78 is 0. The average Bonchev–Trinajstić information content (AvgIpc) is 2.96.